The van der Waals surface area contributed by atoms with Crippen LogP contribution in [0.1, 0.15) is 16.1 Å². The average molecular weight is 452 g/mol. The second kappa shape index (κ2) is 10.4. The summed E-state index contributed by atoms with van der Waals surface area (Å²) in [5.41, 5.74) is -0.105. The number of ether oxygens (including phenoxy) is 1. The van der Waals surface area contributed by atoms with Gasteiger partial charge in [-0.2, -0.15) is 14.0 Å². The fourth-order valence-corrected chi connectivity index (χ4v) is 4.13. The van der Waals surface area contributed by atoms with Gasteiger partial charge in [0.2, 0.25) is 0 Å². The van der Waals surface area contributed by atoms with Gasteiger partial charge in [0.25, 0.3) is 11.8 Å². The Morgan fingerprint density at radius 3 is 2.52 bits per heavy atom. The van der Waals surface area contributed by atoms with Crippen LogP contribution in [0.25, 0.3) is 0 Å². The van der Waals surface area contributed by atoms with Gasteiger partial charge in [-0.25, -0.2) is 8.42 Å². The number of sulfone groups is 1. The highest BCUT2D eigenvalue weighted by Crippen LogP contribution is 2.23. The monoisotopic (exact) mass is 452 g/mol. The maximum absolute atomic E-state index is 12.7. The van der Waals surface area contributed by atoms with Crippen molar-refractivity contribution in [1.82, 2.24) is 15.2 Å². The van der Waals surface area contributed by atoms with Gasteiger partial charge in [0.05, 0.1) is 11.5 Å². The maximum Gasteiger partial charge on any atom is 0.387 e. The van der Waals surface area contributed by atoms with Crippen LogP contribution in [0.2, 0.25) is 0 Å². The number of likely N-dealkylation sites (N-methyl/N-ethyl adjacent to an activating group) is 1. The standard InChI is InChI=1S/C19H18F2N4O5S/c1-25(12-22)18(27)15(24-17(26)14-7-4-5-9-23-14)11-31(28,29)10-13-6-2-3-8-16(13)30-19(20)21/h2-9,15,19H,10-11H2,1H3,(H,24,26)/t15-/m0/s1. The predicted octanol–water partition coefficient (Wildman–Crippen LogP) is 1.34. The van der Waals surface area contributed by atoms with E-state index in [1.807, 2.05) is 0 Å². The third-order valence-electron chi connectivity index (χ3n) is 3.97. The quantitative estimate of drug-likeness (QED) is 0.449. The number of carbonyl (C=O) groups is 2. The molecule has 164 valence electrons. The van der Waals surface area contributed by atoms with Gasteiger partial charge >= 0.3 is 6.61 Å². The topological polar surface area (TPSA) is 129 Å². The highest BCUT2D eigenvalue weighted by molar-refractivity contribution is 7.90. The molecular formula is C19H18F2N4O5S. The summed E-state index contributed by atoms with van der Waals surface area (Å²) in [5.74, 6) is -3.71. The van der Waals surface area contributed by atoms with Crippen LogP contribution in [-0.2, 0) is 20.4 Å². The molecule has 0 saturated carbocycles. The molecule has 0 aliphatic rings. The molecule has 2 rings (SSSR count). The summed E-state index contributed by atoms with van der Waals surface area (Å²) in [6.07, 6.45) is 2.88. The fourth-order valence-electron chi connectivity index (χ4n) is 2.57. The number of halogens is 2. The zero-order valence-corrected chi connectivity index (χ0v) is 17.1. The number of alkyl halides is 2. The lowest BCUT2D eigenvalue weighted by atomic mass is 10.2. The lowest BCUT2D eigenvalue weighted by Crippen LogP contribution is -2.50. The van der Waals surface area contributed by atoms with Crippen LogP contribution in [0.15, 0.2) is 48.7 Å². The Kier molecular flexibility index (Phi) is 7.98. The van der Waals surface area contributed by atoms with E-state index in [-0.39, 0.29) is 17.0 Å². The van der Waals surface area contributed by atoms with Crippen molar-refractivity contribution in [2.45, 2.75) is 18.4 Å². The molecule has 1 aromatic carbocycles. The third kappa shape index (κ3) is 7.00. The normalized spacial score (nSPS) is 12.0. The first-order valence-electron chi connectivity index (χ1n) is 8.75. The molecule has 0 aliphatic carbocycles. The summed E-state index contributed by atoms with van der Waals surface area (Å²) >= 11 is 0. The van der Waals surface area contributed by atoms with E-state index in [0.29, 0.717) is 4.90 Å². The number of aromatic nitrogens is 1. The molecule has 2 aromatic rings. The van der Waals surface area contributed by atoms with Crippen molar-refractivity contribution in [1.29, 1.82) is 5.26 Å². The molecule has 1 aromatic heterocycles. The predicted molar refractivity (Wildman–Crippen MR) is 104 cm³/mol. The van der Waals surface area contributed by atoms with Crippen LogP contribution in [0.3, 0.4) is 0 Å². The van der Waals surface area contributed by atoms with E-state index in [9.17, 15) is 26.8 Å². The van der Waals surface area contributed by atoms with Crippen molar-refractivity contribution in [2.24, 2.45) is 0 Å². The van der Waals surface area contributed by atoms with Crippen LogP contribution in [-0.4, -0.2) is 55.6 Å². The molecular weight excluding hydrogens is 434 g/mol. The zero-order chi connectivity index (χ0) is 23.0. The van der Waals surface area contributed by atoms with Gasteiger partial charge in [-0.15, -0.1) is 0 Å². The fraction of sp³-hybridized carbons (Fsp3) is 0.263. The second-order valence-corrected chi connectivity index (χ2v) is 8.39. The summed E-state index contributed by atoms with van der Waals surface area (Å²) in [4.78, 5) is 29.2. The molecule has 1 atom stereocenters. The van der Waals surface area contributed by atoms with Crippen LogP contribution in [0, 0.1) is 11.5 Å². The van der Waals surface area contributed by atoms with Crippen LogP contribution in [0.5, 0.6) is 5.75 Å². The van der Waals surface area contributed by atoms with Crippen LogP contribution < -0.4 is 10.1 Å². The van der Waals surface area contributed by atoms with E-state index in [1.54, 1.807) is 12.3 Å². The molecule has 31 heavy (non-hydrogen) atoms. The molecule has 1 heterocycles. The van der Waals surface area contributed by atoms with Gasteiger partial charge in [0.1, 0.15) is 17.5 Å². The molecule has 0 saturated heterocycles. The van der Waals surface area contributed by atoms with Crippen molar-refractivity contribution >= 4 is 21.7 Å². The highest BCUT2D eigenvalue weighted by atomic mass is 32.2. The van der Waals surface area contributed by atoms with Gasteiger partial charge in [-0.1, -0.05) is 24.3 Å². The molecule has 0 radical (unpaired) electrons. The van der Waals surface area contributed by atoms with Crippen LogP contribution in [0.4, 0.5) is 8.78 Å². The number of nitrogens with zero attached hydrogens (tertiary/aromatic N) is 3. The Balaban J connectivity index is 2.26. The lowest BCUT2D eigenvalue weighted by Gasteiger charge is -2.20. The van der Waals surface area contributed by atoms with Gasteiger partial charge in [-0.05, 0) is 18.2 Å². The van der Waals surface area contributed by atoms with Crippen molar-refractivity contribution in [2.75, 3.05) is 12.8 Å². The summed E-state index contributed by atoms with van der Waals surface area (Å²) in [5, 5.41) is 11.2. The largest absolute Gasteiger partial charge is 0.435 e. The average Bonchev–Trinajstić information content (AvgIpc) is 2.73. The number of hydrogen-bond acceptors (Lipinski definition) is 7. The van der Waals surface area contributed by atoms with E-state index in [0.717, 1.165) is 7.05 Å². The third-order valence-corrected chi connectivity index (χ3v) is 5.56. The number of para-hydroxylation sites is 1. The number of pyridine rings is 1. The minimum Gasteiger partial charge on any atom is -0.435 e. The number of rotatable bonds is 9. The van der Waals surface area contributed by atoms with E-state index in [1.165, 1.54) is 42.6 Å². The Hall–Kier alpha value is -3.59. The van der Waals surface area contributed by atoms with Crippen molar-refractivity contribution in [3.05, 3.63) is 59.9 Å². The molecule has 12 heteroatoms. The molecule has 0 spiro atoms. The van der Waals surface area contributed by atoms with E-state index < -0.39 is 45.8 Å². The molecule has 0 fully saturated rings. The Morgan fingerprint density at radius 1 is 1.23 bits per heavy atom. The van der Waals surface area contributed by atoms with E-state index >= 15 is 0 Å². The lowest BCUT2D eigenvalue weighted by molar-refractivity contribution is -0.128. The Labute approximate surface area is 177 Å². The molecule has 1 N–H and O–H groups in total. The number of benzene rings is 1. The van der Waals surface area contributed by atoms with Gasteiger partial charge in [0, 0.05) is 18.8 Å². The molecule has 2 amide bonds. The molecule has 0 bridgehead atoms. The molecule has 0 aliphatic heterocycles. The van der Waals surface area contributed by atoms with Crippen molar-refractivity contribution < 1.29 is 31.5 Å². The summed E-state index contributed by atoms with van der Waals surface area (Å²) in [6, 6.07) is 8.16. The first kappa shape index (κ1) is 23.7. The maximum atomic E-state index is 12.7. The van der Waals surface area contributed by atoms with E-state index in [4.69, 9.17) is 5.26 Å². The van der Waals surface area contributed by atoms with E-state index in [2.05, 4.69) is 15.0 Å². The molecule has 9 nitrogen and oxygen atoms in total. The minimum atomic E-state index is -4.12. The van der Waals surface area contributed by atoms with Gasteiger partial charge in [-0.3, -0.25) is 19.5 Å². The van der Waals surface area contributed by atoms with Gasteiger partial charge < -0.3 is 10.1 Å². The van der Waals surface area contributed by atoms with Gasteiger partial charge in [0.15, 0.2) is 16.0 Å². The first-order chi connectivity index (χ1) is 14.6. The number of nitriles is 1. The van der Waals surface area contributed by atoms with Crippen molar-refractivity contribution in [3.63, 3.8) is 0 Å². The summed E-state index contributed by atoms with van der Waals surface area (Å²) in [7, 11) is -3.01. The number of nitrogens with one attached hydrogen (secondary N) is 1. The Morgan fingerprint density at radius 2 is 1.90 bits per heavy atom. The number of carbonyl (C=O) groups excluding carboxylic acids is 2. The minimum absolute atomic E-state index is 0.0429. The second-order valence-electron chi connectivity index (χ2n) is 6.28. The smallest absolute Gasteiger partial charge is 0.387 e. The van der Waals surface area contributed by atoms with Crippen molar-refractivity contribution in [3.8, 4) is 11.9 Å². The Bertz CT molecular complexity index is 1070. The SMILES string of the molecule is CN(C#N)C(=O)[C@H](CS(=O)(=O)Cc1ccccc1OC(F)F)NC(=O)c1ccccn1. The highest BCUT2D eigenvalue weighted by Gasteiger charge is 2.31. The number of amides is 2. The summed E-state index contributed by atoms with van der Waals surface area (Å²) in [6.45, 7) is -3.15. The van der Waals surface area contributed by atoms with Crippen LogP contribution >= 0.6 is 0 Å². The first-order valence-corrected chi connectivity index (χ1v) is 10.6. The summed E-state index contributed by atoms with van der Waals surface area (Å²) < 4.78 is 54.9. The zero-order valence-electron chi connectivity index (χ0n) is 16.2. The molecule has 0 unspecified atom stereocenters. The number of hydrogen-bond donors (Lipinski definition) is 1.